The van der Waals surface area contributed by atoms with E-state index >= 15 is 0 Å². The Morgan fingerprint density at radius 1 is 1.09 bits per heavy atom. The highest BCUT2D eigenvalue weighted by atomic mass is 16.8. The van der Waals surface area contributed by atoms with Gasteiger partial charge in [0, 0.05) is 19.2 Å². The number of hydrogen-bond donors (Lipinski definition) is 0. The molecule has 0 atom stereocenters. The van der Waals surface area contributed by atoms with Crippen LogP contribution < -0.4 is 4.90 Å². The number of anilines is 1. The molecule has 0 bridgehead atoms. The molecule has 1 aromatic carbocycles. The highest BCUT2D eigenvalue weighted by Crippen LogP contribution is 2.29. The first-order valence-corrected chi connectivity index (χ1v) is 6.95. The van der Waals surface area contributed by atoms with Crippen LogP contribution in [0, 0.1) is 22.7 Å². The minimum atomic E-state index is -1.72. The summed E-state index contributed by atoms with van der Waals surface area (Å²) in [5.74, 6) is -3.35. The summed E-state index contributed by atoms with van der Waals surface area (Å²) in [6.07, 6.45) is -0.826. The lowest BCUT2D eigenvalue weighted by molar-refractivity contribution is -0.228. The molecule has 7 nitrogen and oxygen atoms in total. The molecular weight excluding hydrogens is 298 g/mol. The summed E-state index contributed by atoms with van der Waals surface area (Å²) in [4.78, 5) is 25.0. The van der Waals surface area contributed by atoms with Crippen LogP contribution in [0.25, 0.3) is 0 Å². The zero-order chi connectivity index (χ0) is 17.3. The Morgan fingerprint density at radius 2 is 1.57 bits per heavy atom. The Bertz CT molecular complexity index is 601. The van der Waals surface area contributed by atoms with Crippen molar-refractivity contribution < 1.29 is 19.1 Å². The number of nitriles is 2. The smallest absolute Gasteiger partial charge is 0.342 e. The third kappa shape index (κ3) is 4.72. The third-order valence-corrected chi connectivity index (χ3v) is 3.09. The van der Waals surface area contributed by atoms with E-state index < -0.39 is 30.7 Å². The number of rotatable bonds is 7. The third-order valence-electron chi connectivity index (χ3n) is 3.09. The molecular formula is C16H17N3O4. The average Bonchev–Trinajstić information content (AvgIpc) is 2.54. The Hall–Kier alpha value is -3.06. The molecule has 0 heterocycles. The molecule has 1 aromatic rings. The van der Waals surface area contributed by atoms with E-state index in [1.54, 1.807) is 50.4 Å². The fraction of sp³-hybridized carbons (Fsp3) is 0.375. The van der Waals surface area contributed by atoms with Crippen molar-refractivity contribution in [2.24, 2.45) is 0 Å². The average molecular weight is 315 g/mol. The van der Waals surface area contributed by atoms with Crippen LogP contribution in [-0.2, 0) is 19.1 Å². The summed E-state index contributed by atoms with van der Waals surface area (Å²) in [5, 5.41) is 17.2. The molecule has 23 heavy (non-hydrogen) atoms. The lowest BCUT2D eigenvalue weighted by atomic mass is 10.2. The quantitative estimate of drug-likeness (QED) is 0.560. The number of hydrogen-bond acceptors (Lipinski definition) is 7. The van der Waals surface area contributed by atoms with Crippen molar-refractivity contribution in [3.8, 4) is 12.1 Å². The number of benzene rings is 1. The van der Waals surface area contributed by atoms with Gasteiger partial charge in [0.1, 0.15) is 12.8 Å². The molecule has 0 unspecified atom stereocenters. The minimum Gasteiger partial charge on any atom is -0.403 e. The van der Waals surface area contributed by atoms with Crippen molar-refractivity contribution in [1.29, 1.82) is 10.5 Å². The lowest BCUT2D eigenvalue weighted by Crippen LogP contribution is -2.53. The maximum Gasteiger partial charge on any atom is 0.342 e. The molecule has 0 aromatic heterocycles. The van der Waals surface area contributed by atoms with Crippen LogP contribution in [0.3, 0.4) is 0 Å². The van der Waals surface area contributed by atoms with Gasteiger partial charge >= 0.3 is 17.8 Å². The van der Waals surface area contributed by atoms with Gasteiger partial charge in [0.15, 0.2) is 0 Å². The van der Waals surface area contributed by atoms with Crippen molar-refractivity contribution in [2.45, 2.75) is 32.1 Å². The largest absolute Gasteiger partial charge is 0.403 e. The van der Waals surface area contributed by atoms with Crippen LogP contribution in [0.1, 0.15) is 26.2 Å². The molecule has 0 amide bonds. The van der Waals surface area contributed by atoms with Gasteiger partial charge in [-0.05, 0) is 12.1 Å². The van der Waals surface area contributed by atoms with Gasteiger partial charge in [-0.3, -0.25) is 9.59 Å². The topological polar surface area (TPSA) is 103 Å². The number of ether oxygens (including phenoxy) is 2. The molecule has 0 aliphatic carbocycles. The maximum absolute atomic E-state index is 11.8. The van der Waals surface area contributed by atoms with Gasteiger partial charge < -0.3 is 14.4 Å². The van der Waals surface area contributed by atoms with Crippen molar-refractivity contribution in [3.05, 3.63) is 30.3 Å². The normalized spacial score (nSPS) is 10.1. The summed E-state index contributed by atoms with van der Waals surface area (Å²) >= 11 is 0. The van der Waals surface area contributed by atoms with Crippen LogP contribution in [0.15, 0.2) is 30.3 Å². The predicted octanol–water partition coefficient (Wildman–Crippen LogP) is 2.10. The van der Waals surface area contributed by atoms with E-state index in [-0.39, 0.29) is 6.42 Å². The van der Waals surface area contributed by atoms with E-state index in [0.29, 0.717) is 5.69 Å². The van der Waals surface area contributed by atoms with Gasteiger partial charge in [0.2, 0.25) is 0 Å². The molecule has 0 fully saturated rings. The Balaban J connectivity index is 3.16. The summed E-state index contributed by atoms with van der Waals surface area (Å²) < 4.78 is 10.5. The standard InChI is InChI=1S/C16H17N3O4/c1-3-16(22-14(20)9-11-17,23-15(21)10-12-18)19(2)13-7-5-4-6-8-13/h4-8H,3,9-10H2,1-2H3. The van der Waals surface area contributed by atoms with Gasteiger partial charge in [0.25, 0.3) is 0 Å². The van der Waals surface area contributed by atoms with Crippen molar-refractivity contribution in [3.63, 3.8) is 0 Å². The molecule has 1 rings (SSSR count). The van der Waals surface area contributed by atoms with Gasteiger partial charge in [-0.25, -0.2) is 0 Å². The van der Waals surface area contributed by atoms with E-state index in [1.807, 2.05) is 6.07 Å². The summed E-state index contributed by atoms with van der Waals surface area (Å²) in [7, 11) is 1.60. The number of para-hydroxylation sites is 1. The van der Waals surface area contributed by atoms with Crippen molar-refractivity contribution in [1.82, 2.24) is 0 Å². The van der Waals surface area contributed by atoms with E-state index in [4.69, 9.17) is 20.0 Å². The van der Waals surface area contributed by atoms with Crippen LogP contribution in [0.2, 0.25) is 0 Å². The van der Waals surface area contributed by atoms with Gasteiger partial charge in [-0.2, -0.15) is 10.5 Å². The van der Waals surface area contributed by atoms with Crippen molar-refractivity contribution in [2.75, 3.05) is 11.9 Å². The summed E-state index contributed by atoms with van der Waals surface area (Å²) in [5.41, 5.74) is 0.642. The van der Waals surface area contributed by atoms with E-state index in [1.165, 1.54) is 4.90 Å². The molecule has 0 radical (unpaired) electrons. The summed E-state index contributed by atoms with van der Waals surface area (Å²) in [6.45, 7) is 1.67. The number of esters is 2. The van der Waals surface area contributed by atoms with Gasteiger partial charge in [-0.1, -0.05) is 25.1 Å². The molecule has 0 N–H and O–H groups in total. The first-order chi connectivity index (χ1) is 11.0. The second-order valence-corrected chi connectivity index (χ2v) is 4.58. The highest BCUT2D eigenvalue weighted by Gasteiger charge is 2.42. The van der Waals surface area contributed by atoms with Crippen LogP contribution in [0.4, 0.5) is 5.69 Å². The number of carbonyl (C=O) groups excluding carboxylic acids is 2. The molecule has 0 spiro atoms. The second-order valence-electron chi connectivity index (χ2n) is 4.58. The maximum atomic E-state index is 11.8. The van der Waals surface area contributed by atoms with Gasteiger partial charge in [-0.15, -0.1) is 0 Å². The second kappa shape index (κ2) is 8.40. The molecule has 0 saturated heterocycles. The molecule has 0 aliphatic heterocycles. The fourth-order valence-corrected chi connectivity index (χ4v) is 1.94. The molecule has 7 heteroatoms. The predicted molar refractivity (Wildman–Crippen MR) is 80.5 cm³/mol. The Kier molecular flexibility index (Phi) is 6.57. The minimum absolute atomic E-state index is 0.118. The zero-order valence-corrected chi connectivity index (χ0v) is 13.0. The first-order valence-electron chi connectivity index (χ1n) is 6.95. The highest BCUT2D eigenvalue weighted by molar-refractivity contribution is 5.75. The molecule has 0 aliphatic rings. The zero-order valence-electron chi connectivity index (χ0n) is 13.0. The monoisotopic (exact) mass is 315 g/mol. The van der Waals surface area contributed by atoms with Crippen molar-refractivity contribution >= 4 is 17.6 Å². The number of nitrogens with zero attached hydrogens (tertiary/aromatic N) is 3. The molecule has 120 valence electrons. The van der Waals surface area contributed by atoms with Crippen LogP contribution in [0.5, 0.6) is 0 Å². The van der Waals surface area contributed by atoms with E-state index in [0.717, 1.165) is 0 Å². The Labute approximate surface area is 134 Å². The van der Waals surface area contributed by atoms with E-state index in [2.05, 4.69) is 0 Å². The van der Waals surface area contributed by atoms with Crippen LogP contribution >= 0.6 is 0 Å². The SMILES string of the molecule is CCC(OC(=O)CC#N)(OC(=O)CC#N)N(C)c1ccccc1. The van der Waals surface area contributed by atoms with Gasteiger partial charge in [0.05, 0.1) is 12.1 Å². The fourth-order valence-electron chi connectivity index (χ4n) is 1.94. The molecule has 0 saturated carbocycles. The first kappa shape index (κ1) is 18.0. The summed E-state index contributed by atoms with van der Waals surface area (Å²) in [6, 6.07) is 12.2. The van der Waals surface area contributed by atoms with Crippen LogP contribution in [-0.4, -0.2) is 24.9 Å². The number of carbonyl (C=O) groups is 2. The lowest BCUT2D eigenvalue weighted by Gasteiger charge is -2.39. The van der Waals surface area contributed by atoms with E-state index in [9.17, 15) is 9.59 Å². The Morgan fingerprint density at radius 3 is 1.96 bits per heavy atom.